The van der Waals surface area contributed by atoms with Gasteiger partial charge >= 0.3 is 6.85 Å². The first-order valence-electron chi connectivity index (χ1n) is 19.5. The molecule has 0 aliphatic carbocycles. The minimum absolute atomic E-state index is 0.0156. The second-order valence-corrected chi connectivity index (χ2v) is 18.9. The van der Waals surface area contributed by atoms with Gasteiger partial charge in [-0.2, -0.15) is 0 Å². The number of para-hydroxylation sites is 1. The van der Waals surface area contributed by atoms with Crippen LogP contribution >= 0.6 is 11.3 Å². The summed E-state index contributed by atoms with van der Waals surface area (Å²) < 4.78 is 11.7. The van der Waals surface area contributed by atoms with E-state index in [1.807, 2.05) is 11.3 Å². The molecule has 5 heterocycles. The highest BCUT2D eigenvalue weighted by molar-refractivity contribution is 7.25. The number of furan rings is 1. The first-order chi connectivity index (χ1) is 26.5. The van der Waals surface area contributed by atoms with Gasteiger partial charge in [0.25, 0.3) is 0 Å². The summed E-state index contributed by atoms with van der Waals surface area (Å²) >= 11 is 1.90. The third-order valence-electron chi connectivity index (χ3n) is 12.5. The molecular weight excluding hydrogens is 687 g/mol. The molecule has 0 unspecified atom stereocenters. The Labute approximate surface area is 324 Å². The average Bonchev–Trinajstić information content (AvgIpc) is 3.83. The number of anilines is 2. The van der Waals surface area contributed by atoms with Gasteiger partial charge in [-0.05, 0) is 93.0 Å². The van der Waals surface area contributed by atoms with E-state index in [0.717, 1.165) is 21.9 Å². The van der Waals surface area contributed by atoms with E-state index in [9.17, 15) is 0 Å². The van der Waals surface area contributed by atoms with E-state index in [1.165, 1.54) is 92.2 Å². The van der Waals surface area contributed by atoms with Crippen LogP contribution in [0.3, 0.4) is 0 Å². The molecule has 3 aromatic heterocycles. The zero-order valence-electron chi connectivity index (χ0n) is 31.9. The van der Waals surface area contributed by atoms with Gasteiger partial charge in [0.2, 0.25) is 0 Å². The van der Waals surface area contributed by atoms with Crippen molar-refractivity contribution in [1.29, 1.82) is 0 Å². The van der Waals surface area contributed by atoms with Crippen molar-refractivity contribution in [2.24, 2.45) is 0 Å². The van der Waals surface area contributed by atoms with Crippen LogP contribution in [0.15, 0.2) is 132 Å². The number of hydrogen-bond donors (Lipinski definition) is 0. The van der Waals surface area contributed by atoms with E-state index in [-0.39, 0.29) is 17.7 Å². The summed E-state index contributed by atoms with van der Waals surface area (Å²) in [7, 11) is 0. The molecule has 12 rings (SSSR count). The molecule has 2 aliphatic rings. The zero-order valence-corrected chi connectivity index (χ0v) is 32.7. The zero-order chi connectivity index (χ0) is 37.1. The van der Waals surface area contributed by atoms with E-state index in [4.69, 9.17) is 4.42 Å². The standard InChI is InChI=1S/C50H39BN2OS/c1-49(2,3)28-15-18-30(19-16-28)53-42-25-38-32-12-8-10-14-45(32)55-46(38)27-36(42)33-20-21-34-35-26-44-37(31-11-7-9-13-43(31)54-44)24-41(35)52-40-22-17-29(50(4,5)6)23-39(40)51(53)47(33)48(34)52/h7-27H,1-6H3. The number of hydrogen-bond acceptors (Lipinski definition) is 3. The van der Waals surface area contributed by atoms with Crippen molar-refractivity contribution in [2.75, 3.05) is 4.81 Å². The van der Waals surface area contributed by atoms with Crippen molar-refractivity contribution < 1.29 is 4.42 Å². The van der Waals surface area contributed by atoms with Crippen molar-refractivity contribution >= 4 is 104 Å². The highest BCUT2D eigenvalue weighted by Gasteiger charge is 2.44. The Hall–Kier alpha value is -5.78. The van der Waals surface area contributed by atoms with Crippen LogP contribution in [0.2, 0.25) is 0 Å². The maximum absolute atomic E-state index is 6.50. The van der Waals surface area contributed by atoms with Gasteiger partial charge in [0, 0.05) is 64.3 Å². The van der Waals surface area contributed by atoms with E-state index < -0.39 is 0 Å². The number of nitrogens with zero attached hydrogens (tertiary/aromatic N) is 2. The molecule has 10 aromatic rings. The Kier molecular flexibility index (Phi) is 6.02. The minimum atomic E-state index is -0.0352. The monoisotopic (exact) mass is 726 g/mol. The van der Waals surface area contributed by atoms with E-state index in [2.05, 4.69) is 178 Å². The van der Waals surface area contributed by atoms with Crippen LogP contribution in [0, 0.1) is 0 Å². The van der Waals surface area contributed by atoms with Crippen molar-refractivity contribution in [3.05, 3.63) is 139 Å². The number of benzene rings is 7. The number of fused-ring (bicyclic) bond motifs is 14. The number of thiophene rings is 1. The van der Waals surface area contributed by atoms with Crippen LogP contribution in [0.1, 0.15) is 52.7 Å². The average molecular weight is 727 g/mol. The molecule has 55 heavy (non-hydrogen) atoms. The van der Waals surface area contributed by atoms with Crippen LogP contribution in [0.4, 0.5) is 11.4 Å². The topological polar surface area (TPSA) is 21.3 Å². The van der Waals surface area contributed by atoms with Crippen LogP contribution < -0.4 is 15.7 Å². The van der Waals surface area contributed by atoms with Crippen molar-refractivity contribution in [3.8, 4) is 16.8 Å². The van der Waals surface area contributed by atoms with Crippen LogP contribution in [0.25, 0.3) is 80.7 Å². The summed E-state index contributed by atoms with van der Waals surface area (Å²) in [5.74, 6) is 0. The molecule has 0 saturated heterocycles. The Morgan fingerprint density at radius 3 is 2.07 bits per heavy atom. The molecule has 0 fully saturated rings. The summed E-state index contributed by atoms with van der Waals surface area (Å²) in [6.45, 7) is 13.9. The molecular formula is C50H39BN2OS. The molecule has 0 atom stereocenters. The highest BCUT2D eigenvalue weighted by Crippen LogP contribution is 2.49. The maximum atomic E-state index is 6.50. The first-order valence-corrected chi connectivity index (χ1v) is 20.3. The second kappa shape index (κ2) is 10.5. The third kappa shape index (κ3) is 4.22. The van der Waals surface area contributed by atoms with E-state index >= 15 is 0 Å². The normalized spacial score (nSPS) is 13.9. The summed E-state index contributed by atoms with van der Waals surface area (Å²) in [5.41, 5.74) is 16.1. The smallest absolute Gasteiger partial charge is 0.333 e. The van der Waals surface area contributed by atoms with Gasteiger partial charge in [0.1, 0.15) is 11.2 Å². The lowest BCUT2D eigenvalue weighted by atomic mass is 9.43. The Balaban J connectivity index is 1.25. The molecule has 0 N–H and O–H groups in total. The predicted molar refractivity (Wildman–Crippen MR) is 237 cm³/mol. The lowest BCUT2D eigenvalue weighted by molar-refractivity contribution is 0.590. The third-order valence-corrected chi connectivity index (χ3v) is 13.6. The van der Waals surface area contributed by atoms with Crippen molar-refractivity contribution in [3.63, 3.8) is 0 Å². The van der Waals surface area contributed by atoms with Crippen molar-refractivity contribution in [1.82, 2.24) is 4.57 Å². The molecule has 0 saturated carbocycles. The summed E-state index contributed by atoms with van der Waals surface area (Å²) in [6, 6.07) is 48.4. The maximum Gasteiger partial charge on any atom is 0.333 e. The fraction of sp³-hybridized carbons (Fsp3) is 0.160. The molecule has 0 amide bonds. The number of aromatic nitrogens is 1. The first kappa shape index (κ1) is 31.6. The summed E-state index contributed by atoms with van der Waals surface area (Å²) in [6.07, 6.45) is 0. The van der Waals surface area contributed by atoms with Gasteiger partial charge in [-0.25, -0.2) is 0 Å². The quantitative estimate of drug-likeness (QED) is 0.157. The van der Waals surface area contributed by atoms with Crippen LogP contribution in [0.5, 0.6) is 0 Å². The van der Waals surface area contributed by atoms with E-state index in [0.29, 0.717) is 0 Å². The Morgan fingerprint density at radius 2 is 1.27 bits per heavy atom. The minimum Gasteiger partial charge on any atom is -0.456 e. The van der Waals surface area contributed by atoms with Crippen LogP contribution in [-0.4, -0.2) is 11.4 Å². The lowest BCUT2D eigenvalue weighted by Gasteiger charge is -2.42. The van der Waals surface area contributed by atoms with Gasteiger partial charge in [0.15, 0.2) is 0 Å². The molecule has 0 spiro atoms. The second-order valence-electron chi connectivity index (χ2n) is 17.8. The van der Waals surface area contributed by atoms with Crippen LogP contribution in [-0.2, 0) is 10.8 Å². The van der Waals surface area contributed by atoms with Gasteiger partial charge in [-0.3, -0.25) is 0 Å². The van der Waals surface area contributed by atoms with Gasteiger partial charge in [-0.15, -0.1) is 11.3 Å². The fourth-order valence-electron chi connectivity index (χ4n) is 9.70. The largest absolute Gasteiger partial charge is 0.456 e. The number of rotatable bonds is 1. The molecule has 0 bridgehead atoms. The Bertz CT molecular complexity index is 3290. The lowest BCUT2D eigenvalue weighted by Crippen LogP contribution is -2.60. The molecule has 7 aromatic carbocycles. The predicted octanol–water partition coefficient (Wildman–Crippen LogP) is 12.9. The molecule has 3 nitrogen and oxygen atoms in total. The summed E-state index contributed by atoms with van der Waals surface area (Å²) in [5, 5.41) is 7.45. The molecule has 0 radical (unpaired) electrons. The van der Waals surface area contributed by atoms with Gasteiger partial charge in [0.05, 0.1) is 11.0 Å². The van der Waals surface area contributed by atoms with Crippen molar-refractivity contribution in [2.45, 2.75) is 52.4 Å². The fourth-order valence-corrected chi connectivity index (χ4v) is 10.8. The highest BCUT2D eigenvalue weighted by atomic mass is 32.1. The van der Waals surface area contributed by atoms with E-state index in [1.54, 1.807) is 0 Å². The Morgan fingerprint density at radius 1 is 0.527 bits per heavy atom. The SMILES string of the molecule is CC(C)(C)c1ccc(N2B3c4cc(C(C)(C)C)ccc4-n4c5cc6c(cc5c5ccc(c3c54)-c3cc4sc5ccccc5c4cc32)oc2ccccc26)cc1. The van der Waals surface area contributed by atoms with Gasteiger partial charge in [-0.1, -0.05) is 114 Å². The van der Waals surface area contributed by atoms with Gasteiger partial charge < -0.3 is 13.8 Å². The molecule has 264 valence electrons. The molecule has 2 aliphatic heterocycles. The molecule has 5 heteroatoms. The summed E-state index contributed by atoms with van der Waals surface area (Å²) in [4.78, 5) is 2.67.